The molecule has 0 saturated carbocycles. The normalized spacial score (nSPS) is 16.6. The van der Waals surface area contributed by atoms with Crippen LogP contribution < -0.4 is 18.9 Å². The molecule has 0 saturated heterocycles. The highest BCUT2D eigenvalue weighted by Crippen LogP contribution is 2.32. The number of rotatable bonds is 8. The van der Waals surface area contributed by atoms with Crippen molar-refractivity contribution < 1.29 is 37.0 Å². The van der Waals surface area contributed by atoms with E-state index >= 15 is 0 Å². The number of aromatic nitrogens is 6. The predicted octanol–water partition coefficient (Wildman–Crippen LogP) is 3.69. The number of ether oxygens (including phenoxy) is 4. The van der Waals surface area contributed by atoms with Crippen LogP contribution in [0, 0.1) is 10.1 Å². The number of nitro groups is 1. The van der Waals surface area contributed by atoms with Gasteiger partial charge < -0.3 is 29.1 Å². The van der Waals surface area contributed by atoms with E-state index in [0.29, 0.717) is 18.0 Å². The molecule has 3 heterocycles. The summed E-state index contributed by atoms with van der Waals surface area (Å²) < 4.78 is 60.8. The SMILES string of the molecule is C[C@]1(COc2ccc(-n3nnnc3Oc3ccc(OC(F)(F)F)cc3)cc2)Cn2cc([N+](=O)[O-])nc2O1. The zero-order chi connectivity index (χ0) is 26.2. The number of benzene rings is 2. The standard InChI is InChI=1S/C21H16F3N7O6/c1-20(11-29-10-17(31(32)33)25-18(29)37-20)12-34-14-4-2-13(3-5-14)30-19(26-27-28-30)35-15-6-8-16(9-7-15)36-21(22,23)24/h2-10H,11-12H2,1H3/t20-/m1/s1. The molecule has 37 heavy (non-hydrogen) atoms. The maximum atomic E-state index is 12.3. The molecule has 0 aliphatic carbocycles. The lowest BCUT2D eigenvalue weighted by Gasteiger charge is -2.22. The molecule has 192 valence electrons. The molecule has 1 atom stereocenters. The van der Waals surface area contributed by atoms with Crippen molar-refractivity contribution in [2.75, 3.05) is 6.61 Å². The van der Waals surface area contributed by atoms with E-state index in [2.05, 4.69) is 25.2 Å². The van der Waals surface area contributed by atoms with Gasteiger partial charge in [-0.3, -0.25) is 4.57 Å². The van der Waals surface area contributed by atoms with Crippen LogP contribution in [0.2, 0.25) is 0 Å². The Balaban J connectivity index is 1.20. The van der Waals surface area contributed by atoms with Crippen LogP contribution in [0.3, 0.4) is 0 Å². The number of halogens is 3. The summed E-state index contributed by atoms with van der Waals surface area (Å²) in [6.07, 6.45) is -3.48. The molecule has 0 unspecified atom stereocenters. The van der Waals surface area contributed by atoms with Crippen LogP contribution in [0.1, 0.15) is 6.92 Å². The van der Waals surface area contributed by atoms with Crippen LogP contribution in [0.4, 0.5) is 19.0 Å². The summed E-state index contributed by atoms with van der Waals surface area (Å²) in [4.78, 5) is 14.1. The first kappa shape index (κ1) is 23.8. The van der Waals surface area contributed by atoms with Gasteiger partial charge in [0.15, 0.2) is 5.60 Å². The van der Waals surface area contributed by atoms with Crippen LogP contribution >= 0.6 is 0 Å². The van der Waals surface area contributed by atoms with Crippen molar-refractivity contribution in [2.45, 2.75) is 25.4 Å². The van der Waals surface area contributed by atoms with E-state index in [1.54, 1.807) is 35.8 Å². The highest BCUT2D eigenvalue weighted by molar-refractivity contribution is 5.39. The van der Waals surface area contributed by atoms with Gasteiger partial charge in [0.05, 0.1) is 12.2 Å². The topological polar surface area (TPSA) is 141 Å². The van der Waals surface area contributed by atoms with Crippen molar-refractivity contribution in [3.8, 4) is 35.0 Å². The quantitative estimate of drug-likeness (QED) is 0.250. The van der Waals surface area contributed by atoms with Gasteiger partial charge in [-0.1, -0.05) is 5.10 Å². The zero-order valence-electron chi connectivity index (χ0n) is 18.8. The van der Waals surface area contributed by atoms with Gasteiger partial charge in [0.25, 0.3) is 0 Å². The molecule has 1 aliphatic heterocycles. The van der Waals surface area contributed by atoms with Gasteiger partial charge in [0, 0.05) is 4.98 Å². The van der Waals surface area contributed by atoms with E-state index in [1.807, 2.05) is 0 Å². The van der Waals surface area contributed by atoms with Gasteiger partial charge in [-0.2, -0.15) is 4.68 Å². The number of hydrogen-bond donors (Lipinski definition) is 0. The molecule has 5 rings (SSSR count). The summed E-state index contributed by atoms with van der Waals surface area (Å²) in [5.41, 5.74) is -0.242. The third kappa shape index (κ3) is 5.36. The Hall–Kier alpha value is -4.89. The Labute approximate surface area is 205 Å². The summed E-state index contributed by atoms with van der Waals surface area (Å²) in [6.45, 7) is 2.28. The molecule has 0 spiro atoms. The largest absolute Gasteiger partial charge is 0.573 e. The molecule has 0 fully saturated rings. The molecule has 0 bridgehead atoms. The number of tetrazole rings is 1. The number of nitrogens with zero attached hydrogens (tertiary/aromatic N) is 7. The molecule has 16 heteroatoms. The third-order valence-electron chi connectivity index (χ3n) is 5.09. The van der Waals surface area contributed by atoms with Crippen molar-refractivity contribution in [3.05, 3.63) is 64.8 Å². The fourth-order valence-electron chi connectivity index (χ4n) is 3.50. The molecule has 2 aromatic carbocycles. The second kappa shape index (κ2) is 8.96. The van der Waals surface area contributed by atoms with Gasteiger partial charge in [-0.25, -0.2) is 0 Å². The van der Waals surface area contributed by atoms with E-state index in [9.17, 15) is 23.3 Å². The monoisotopic (exact) mass is 519 g/mol. The Morgan fingerprint density at radius 3 is 2.43 bits per heavy atom. The lowest BCUT2D eigenvalue weighted by atomic mass is 10.1. The van der Waals surface area contributed by atoms with Gasteiger partial charge >= 0.3 is 24.2 Å². The highest BCUT2D eigenvalue weighted by Gasteiger charge is 2.41. The molecule has 0 N–H and O–H groups in total. The number of alkyl halides is 3. The Bertz CT molecular complexity index is 1400. The number of imidazole rings is 1. The van der Waals surface area contributed by atoms with Crippen LogP contribution in [-0.2, 0) is 6.54 Å². The predicted molar refractivity (Wildman–Crippen MR) is 116 cm³/mol. The fourth-order valence-corrected chi connectivity index (χ4v) is 3.50. The van der Waals surface area contributed by atoms with Crippen molar-refractivity contribution in [1.82, 2.24) is 29.8 Å². The van der Waals surface area contributed by atoms with E-state index in [4.69, 9.17) is 14.2 Å². The van der Waals surface area contributed by atoms with Gasteiger partial charge in [0.2, 0.25) is 0 Å². The third-order valence-corrected chi connectivity index (χ3v) is 5.09. The molecule has 13 nitrogen and oxygen atoms in total. The van der Waals surface area contributed by atoms with E-state index < -0.39 is 22.6 Å². The molecule has 0 radical (unpaired) electrons. The van der Waals surface area contributed by atoms with Crippen molar-refractivity contribution in [2.24, 2.45) is 0 Å². The van der Waals surface area contributed by atoms with E-state index in [0.717, 1.165) is 12.1 Å². The second-order valence-electron chi connectivity index (χ2n) is 8.10. The van der Waals surface area contributed by atoms with E-state index in [-0.39, 0.29) is 30.2 Å². The molecule has 2 aromatic heterocycles. The minimum atomic E-state index is -4.80. The average Bonchev–Trinajstić information content (AvgIpc) is 3.52. The number of hydrogen-bond acceptors (Lipinski definition) is 10. The smallest absolute Gasteiger partial charge is 0.489 e. The fraction of sp³-hybridized carbons (Fsp3) is 0.238. The molecule has 1 aliphatic rings. The Morgan fingerprint density at radius 1 is 1.11 bits per heavy atom. The summed E-state index contributed by atoms with van der Waals surface area (Å²) in [5.74, 6) is 0.0329. The van der Waals surface area contributed by atoms with Gasteiger partial charge in [0.1, 0.15) is 30.1 Å². The Kier molecular flexibility index (Phi) is 5.77. The second-order valence-corrected chi connectivity index (χ2v) is 8.10. The number of fused-ring (bicyclic) bond motifs is 1. The zero-order valence-corrected chi connectivity index (χ0v) is 18.8. The Morgan fingerprint density at radius 2 is 1.78 bits per heavy atom. The lowest BCUT2D eigenvalue weighted by molar-refractivity contribution is -0.389. The minimum Gasteiger partial charge on any atom is -0.489 e. The maximum absolute atomic E-state index is 12.3. The summed E-state index contributed by atoms with van der Waals surface area (Å²) in [7, 11) is 0. The van der Waals surface area contributed by atoms with Crippen LogP contribution in [0.5, 0.6) is 29.3 Å². The van der Waals surface area contributed by atoms with Crippen LogP contribution in [-0.4, -0.2) is 53.3 Å². The molecular weight excluding hydrogens is 503 g/mol. The van der Waals surface area contributed by atoms with E-state index in [1.165, 1.54) is 23.0 Å². The van der Waals surface area contributed by atoms with Crippen LogP contribution in [0.25, 0.3) is 5.69 Å². The molecular formula is C21H16F3N7O6. The summed E-state index contributed by atoms with van der Waals surface area (Å²) >= 11 is 0. The van der Waals surface area contributed by atoms with Crippen molar-refractivity contribution >= 4 is 5.82 Å². The minimum absolute atomic E-state index is 0.0199. The summed E-state index contributed by atoms with van der Waals surface area (Å²) in [6, 6.07) is 11.6. The first-order chi connectivity index (χ1) is 17.6. The summed E-state index contributed by atoms with van der Waals surface area (Å²) in [5, 5.41) is 22.1. The highest BCUT2D eigenvalue weighted by atomic mass is 19.4. The van der Waals surface area contributed by atoms with Gasteiger partial charge in [-0.05, 0) is 70.8 Å². The molecule has 4 aromatic rings. The first-order valence-corrected chi connectivity index (χ1v) is 10.5. The first-order valence-electron chi connectivity index (χ1n) is 10.5. The lowest BCUT2D eigenvalue weighted by Crippen LogP contribution is -2.38. The van der Waals surface area contributed by atoms with Crippen molar-refractivity contribution in [1.29, 1.82) is 0 Å². The van der Waals surface area contributed by atoms with Crippen molar-refractivity contribution in [3.63, 3.8) is 0 Å². The van der Waals surface area contributed by atoms with Gasteiger partial charge in [-0.15, -0.1) is 13.2 Å². The molecule has 0 amide bonds. The maximum Gasteiger partial charge on any atom is 0.573 e. The average molecular weight is 519 g/mol. The van der Waals surface area contributed by atoms with Crippen LogP contribution in [0.15, 0.2) is 54.7 Å².